The van der Waals surface area contributed by atoms with E-state index in [1.165, 1.54) is 22.6 Å². The van der Waals surface area contributed by atoms with Crippen molar-refractivity contribution >= 4 is 28.9 Å². The molecule has 0 saturated carbocycles. The Bertz CT molecular complexity index is 1010. The summed E-state index contributed by atoms with van der Waals surface area (Å²) in [5.41, 5.74) is 0.706. The van der Waals surface area contributed by atoms with Crippen LogP contribution in [-0.4, -0.2) is 56.3 Å². The molecule has 1 heterocycles. The van der Waals surface area contributed by atoms with E-state index in [2.05, 4.69) is 4.98 Å². The third-order valence-electron chi connectivity index (χ3n) is 5.63. The maximum atomic E-state index is 13.0. The van der Waals surface area contributed by atoms with Crippen LogP contribution in [0.15, 0.2) is 29.6 Å². The molecular formula is C25H35N3O8S. The number of carbonyl (C=O) groups excluding carboxylic acids is 1. The Morgan fingerprint density at radius 2 is 1.89 bits per heavy atom. The fraction of sp³-hybridized carbons (Fsp3) is 0.560. The number of hydrogen-bond acceptors (Lipinski definition) is 9. The van der Waals surface area contributed by atoms with Crippen LogP contribution >= 0.6 is 11.3 Å². The van der Waals surface area contributed by atoms with Crippen molar-refractivity contribution in [3.8, 4) is 0 Å². The average Bonchev–Trinajstić information content (AvgIpc) is 3.37. The van der Waals surface area contributed by atoms with E-state index in [1.807, 2.05) is 20.8 Å². The number of amides is 1. The number of carboxylic acids is 1. The van der Waals surface area contributed by atoms with Crippen LogP contribution in [0.3, 0.4) is 0 Å². The number of nitrogens with zero attached hydrogens (tertiary/aromatic N) is 3. The summed E-state index contributed by atoms with van der Waals surface area (Å²) < 4.78 is 5.63. The van der Waals surface area contributed by atoms with E-state index in [0.29, 0.717) is 32.5 Å². The monoisotopic (exact) mass is 537 g/mol. The molecule has 0 spiro atoms. The van der Waals surface area contributed by atoms with Gasteiger partial charge < -0.3 is 14.9 Å². The van der Waals surface area contributed by atoms with Gasteiger partial charge in [-0.1, -0.05) is 27.2 Å². The van der Waals surface area contributed by atoms with Gasteiger partial charge in [-0.05, 0) is 36.5 Å². The van der Waals surface area contributed by atoms with E-state index in [1.54, 1.807) is 12.1 Å². The molecule has 2 rings (SSSR count). The Kier molecular flexibility index (Phi) is 12.6. The fourth-order valence-electron chi connectivity index (χ4n) is 3.53. The maximum Gasteiger partial charge on any atom is 0.355 e. The molecule has 0 aliphatic carbocycles. The van der Waals surface area contributed by atoms with Gasteiger partial charge in [0.1, 0.15) is 11.1 Å². The molecule has 1 aromatic heterocycles. The smallest absolute Gasteiger partial charge is 0.355 e. The highest BCUT2D eigenvalue weighted by molar-refractivity contribution is 7.09. The summed E-state index contributed by atoms with van der Waals surface area (Å²) >= 11 is 1.06. The molecule has 0 radical (unpaired) electrons. The molecule has 2 N–H and O–H groups in total. The Morgan fingerprint density at radius 3 is 2.46 bits per heavy atom. The number of carbonyl (C=O) groups is 2. The van der Waals surface area contributed by atoms with Gasteiger partial charge in [0.2, 0.25) is 5.91 Å². The highest BCUT2D eigenvalue weighted by atomic mass is 32.1. The Morgan fingerprint density at radius 1 is 1.19 bits per heavy atom. The lowest BCUT2D eigenvalue weighted by Crippen LogP contribution is -2.44. The van der Waals surface area contributed by atoms with E-state index in [-0.39, 0.29) is 41.2 Å². The SMILES string of the molecule is CCCCC(=O)N(OCCCOCc1ccc([N+](=O)[O-])cc1)C(CC(O)c1nc(C(=O)O)cs1)C(C)C. The standard InChI is InChI=1S/C25H35N3O8S/c1-4-5-7-23(30)27(21(17(2)3)14-22(29)24-26-20(16-37-24)25(31)32)36-13-6-12-35-15-18-8-10-19(11-9-18)28(33)34/h8-11,16-17,21-22,29H,4-7,12-15H2,1-3H3,(H,31,32). The normalized spacial score (nSPS) is 12.9. The molecule has 2 atom stereocenters. The Labute approximate surface area is 220 Å². The van der Waals surface area contributed by atoms with Crippen molar-refractivity contribution in [1.82, 2.24) is 10.0 Å². The van der Waals surface area contributed by atoms with Crippen LogP contribution in [0.4, 0.5) is 5.69 Å². The molecule has 11 nitrogen and oxygen atoms in total. The summed E-state index contributed by atoms with van der Waals surface area (Å²) in [6, 6.07) is 5.69. The van der Waals surface area contributed by atoms with E-state index >= 15 is 0 Å². The number of aromatic nitrogens is 1. The van der Waals surface area contributed by atoms with Gasteiger partial charge in [-0.3, -0.25) is 19.7 Å². The fourth-order valence-corrected chi connectivity index (χ4v) is 4.32. The number of nitro groups is 1. The van der Waals surface area contributed by atoms with Crippen LogP contribution in [0.25, 0.3) is 0 Å². The number of aliphatic hydroxyl groups excluding tert-OH is 1. The number of nitro benzene ring substituents is 1. The summed E-state index contributed by atoms with van der Waals surface area (Å²) in [6.07, 6.45) is 1.49. The number of thiazole rings is 1. The van der Waals surface area contributed by atoms with Gasteiger partial charge in [0.15, 0.2) is 5.69 Å². The van der Waals surface area contributed by atoms with Crippen molar-refractivity contribution in [3.05, 3.63) is 56.0 Å². The zero-order valence-corrected chi connectivity index (χ0v) is 22.2. The number of hydroxylamine groups is 2. The van der Waals surface area contributed by atoms with Crippen LogP contribution in [0, 0.1) is 16.0 Å². The highest BCUT2D eigenvalue weighted by Crippen LogP contribution is 2.28. The minimum Gasteiger partial charge on any atom is -0.476 e. The lowest BCUT2D eigenvalue weighted by atomic mass is 9.97. The van der Waals surface area contributed by atoms with Gasteiger partial charge in [0, 0.05) is 37.0 Å². The minimum atomic E-state index is -1.16. The number of hydrogen-bond donors (Lipinski definition) is 2. The molecular weight excluding hydrogens is 502 g/mol. The summed E-state index contributed by atoms with van der Waals surface area (Å²) in [6.45, 7) is 6.73. The average molecular weight is 538 g/mol. The summed E-state index contributed by atoms with van der Waals surface area (Å²) in [5, 5.41) is 33.6. The predicted molar refractivity (Wildman–Crippen MR) is 137 cm³/mol. The number of benzene rings is 1. The van der Waals surface area contributed by atoms with E-state index < -0.39 is 23.0 Å². The molecule has 0 bridgehead atoms. The van der Waals surface area contributed by atoms with E-state index in [4.69, 9.17) is 14.7 Å². The van der Waals surface area contributed by atoms with Crippen molar-refractivity contribution in [3.63, 3.8) is 0 Å². The molecule has 204 valence electrons. The van der Waals surface area contributed by atoms with Crippen molar-refractivity contribution < 1.29 is 34.3 Å². The highest BCUT2D eigenvalue weighted by Gasteiger charge is 2.31. The second kappa shape index (κ2) is 15.4. The number of aromatic carboxylic acids is 1. The first-order chi connectivity index (χ1) is 17.6. The quantitative estimate of drug-likeness (QED) is 0.165. The van der Waals surface area contributed by atoms with E-state index in [0.717, 1.165) is 23.3 Å². The molecule has 1 aromatic carbocycles. The zero-order chi connectivity index (χ0) is 27.4. The molecule has 0 aliphatic rings. The van der Waals surface area contributed by atoms with Crippen LogP contribution in [0.5, 0.6) is 0 Å². The van der Waals surface area contributed by atoms with Crippen molar-refractivity contribution in [2.24, 2.45) is 5.92 Å². The van der Waals surface area contributed by atoms with Gasteiger partial charge in [0.05, 0.1) is 24.2 Å². The topological polar surface area (TPSA) is 152 Å². The van der Waals surface area contributed by atoms with Gasteiger partial charge in [-0.15, -0.1) is 11.3 Å². The maximum absolute atomic E-state index is 13.0. The molecule has 12 heteroatoms. The number of non-ortho nitro benzene ring substituents is 1. The largest absolute Gasteiger partial charge is 0.476 e. The lowest BCUT2D eigenvalue weighted by Gasteiger charge is -2.34. The molecule has 0 saturated heterocycles. The predicted octanol–water partition coefficient (Wildman–Crippen LogP) is 4.75. The third-order valence-corrected chi connectivity index (χ3v) is 6.58. The molecule has 2 unspecified atom stereocenters. The number of aliphatic hydroxyl groups is 1. The lowest BCUT2D eigenvalue weighted by molar-refractivity contribution is -0.384. The number of rotatable bonds is 17. The summed E-state index contributed by atoms with van der Waals surface area (Å²) in [7, 11) is 0. The van der Waals surface area contributed by atoms with Crippen LogP contribution in [-0.2, 0) is 21.0 Å². The van der Waals surface area contributed by atoms with Crippen LogP contribution < -0.4 is 0 Å². The molecule has 2 aromatic rings. The number of carboxylic acid groups (broad SMARTS) is 1. The van der Waals surface area contributed by atoms with Gasteiger partial charge in [0.25, 0.3) is 5.69 Å². The van der Waals surface area contributed by atoms with Crippen LogP contribution in [0.2, 0.25) is 0 Å². The summed E-state index contributed by atoms with van der Waals surface area (Å²) in [4.78, 5) is 44.3. The number of ether oxygens (including phenoxy) is 1. The second-order valence-corrected chi connectivity index (χ2v) is 9.81. The van der Waals surface area contributed by atoms with Gasteiger partial charge in [-0.2, -0.15) is 0 Å². The molecule has 0 aliphatic heterocycles. The first-order valence-electron chi connectivity index (χ1n) is 12.3. The second-order valence-electron chi connectivity index (χ2n) is 8.93. The Hall–Kier alpha value is -2.93. The Balaban J connectivity index is 1.94. The molecule has 1 amide bonds. The zero-order valence-electron chi connectivity index (χ0n) is 21.4. The first-order valence-corrected chi connectivity index (χ1v) is 13.1. The molecule has 37 heavy (non-hydrogen) atoms. The van der Waals surface area contributed by atoms with Crippen molar-refractivity contribution in [1.29, 1.82) is 0 Å². The van der Waals surface area contributed by atoms with Crippen molar-refractivity contribution in [2.45, 2.75) is 71.6 Å². The van der Waals surface area contributed by atoms with Crippen LogP contribution in [0.1, 0.15) is 80.0 Å². The van der Waals surface area contributed by atoms with E-state index in [9.17, 15) is 24.8 Å². The van der Waals surface area contributed by atoms with Gasteiger partial charge in [-0.25, -0.2) is 14.8 Å². The van der Waals surface area contributed by atoms with Crippen molar-refractivity contribution in [2.75, 3.05) is 13.2 Å². The minimum absolute atomic E-state index is 0.0204. The van der Waals surface area contributed by atoms with Gasteiger partial charge >= 0.3 is 5.97 Å². The summed E-state index contributed by atoms with van der Waals surface area (Å²) in [5.74, 6) is -1.38. The number of unbranched alkanes of at least 4 members (excludes halogenated alkanes) is 1. The third kappa shape index (κ3) is 9.80. The first kappa shape index (κ1) is 30.3. The molecule has 0 fully saturated rings.